The van der Waals surface area contributed by atoms with Gasteiger partial charge in [0.1, 0.15) is 5.69 Å². The molecule has 21 heavy (non-hydrogen) atoms. The molecule has 0 amide bonds. The van der Waals surface area contributed by atoms with E-state index in [1.165, 1.54) is 19.3 Å². The van der Waals surface area contributed by atoms with Crippen molar-refractivity contribution in [1.29, 1.82) is 0 Å². The summed E-state index contributed by atoms with van der Waals surface area (Å²) in [5.41, 5.74) is 1.87. The number of nitro groups is 1. The zero-order chi connectivity index (χ0) is 15.4. The number of hydrogen-bond acceptors (Lipinski definition) is 4. The molecule has 1 aliphatic rings. The number of nitrogens with zero attached hydrogens (tertiary/aromatic N) is 2. The normalized spacial score (nSPS) is 14.7. The van der Waals surface area contributed by atoms with Crippen LogP contribution in [0.3, 0.4) is 0 Å². The van der Waals surface area contributed by atoms with Gasteiger partial charge in [-0.05, 0) is 43.4 Å². The van der Waals surface area contributed by atoms with E-state index in [-0.39, 0.29) is 10.6 Å². The van der Waals surface area contributed by atoms with E-state index in [2.05, 4.69) is 24.1 Å². The average Bonchev–Trinajstić information content (AvgIpc) is 3.27. The van der Waals surface area contributed by atoms with E-state index in [1.807, 2.05) is 12.1 Å². The van der Waals surface area contributed by atoms with Gasteiger partial charge in [0, 0.05) is 25.7 Å². The maximum absolute atomic E-state index is 11.0. The van der Waals surface area contributed by atoms with Gasteiger partial charge in [0.25, 0.3) is 5.69 Å². The van der Waals surface area contributed by atoms with Crippen LogP contribution in [-0.2, 0) is 6.54 Å². The molecule has 2 rings (SSSR count). The fourth-order valence-corrected chi connectivity index (χ4v) is 2.53. The topological polar surface area (TPSA) is 58.4 Å². The minimum absolute atomic E-state index is 0.140. The Kier molecular flexibility index (Phi) is 5.17. The summed E-state index contributed by atoms with van der Waals surface area (Å²) in [6.45, 7) is 6.48. The van der Waals surface area contributed by atoms with Crippen LogP contribution in [0.1, 0.15) is 38.7 Å². The fraction of sp³-hybridized carbons (Fsp3) is 0.625. The van der Waals surface area contributed by atoms with E-state index in [9.17, 15) is 10.1 Å². The molecule has 0 aromatic heterocycles. The van der Waals surface area contributed by atoms with Crippen LogP contribution in [0.2, 0.25) is 0 Å². The SMILES string of the molecule is CNc1cc(CN(CCC(C)C)C2CC2)ccc1[N+](=O)[O-]. The van der Waals surface area contributed by atoms with Gasteiger partial charge in [-0.2, -0.15) is 0 Å². The minimum Gasteiger partial charge on any atom is -0.383 e. The van der Waals surface area contributed by atoms with Crippen molar-refractivity contribution in [2.45, 2.75) is 45.7 Å². The third-order valence-electron chi connectivity index (χ3n) is 3.97. The van der Waals surface area contributed by atoms with Gasteiger partial charge in [-0.1, -0.05) is 19.9 Å². The van der Waals surface area contributed by atoms with Crippen molar-refractivity contribution in [3.05, 3.63) is 33.9 Å². The van der Waals surface area contributed by atoms with Crippen molar-refractivity contribution < 1.29 is 4.92 Å². The van der Waals surface area contributed by atoms with E-state index in [4.69, 9.17) is 0 Å². The molecule has 1 aliphatic carbocycles. The highest BCUT2D eigenvalue weighted by Crippen LogP contribution is 2.31. The van der Waals surface area contributed by atoms with Crippen LogP contribution in [0.5, 0.6) is 0 Å². The van der Waals surface area contributed by atoms with Crippen molar-refractivity contribution in [2.24, 2.45) is 5.92 Å². The Morgan fingerprint density at radius 1 is 1.43 bits per heavy atom. The van der Waals surface area contributed by atoms with Gasteiger partial charge in [0.2, 0.25) is 0 Å². The lowest BCUT2D eigenvalue weighted by Crippen LogP contribution is -2.27. The molecule has 116 valence electrons. The van der Waals surface area contributed by atoms with Gasteiger partial charge >= 0.3 is 0 Å². The molecule has 1 saturated carbocycles. The van der Waals surface area contributed by atoms with Gasteiger partial charge in [0.15, 0.2) is 0 Å². The van der Waals surface area contributed by atoms with Gasteiger partial charge in [0.05, 0.1) is 4.92 Å². The van der Waals surface area contributed by atoms with Gasteiger partial charge in [-0.25, -0.2) is 0 Å². The van der Waals surface area contributed by atoms with E-state index in [0.717, 1.165) is 18.7 Å². The first kappa shape index (κ1) is 15.8. The molecule has 0 saturated heterocycles. The van der Waals surface area contributed by atoms with Crippen LogP contribution in [-0.4, -0.2) is 29.5 Å². The molecule has 1 aromatic carbocycles. The lowest BCUT2D eigenvalue weighted by molar-refractivity contribution is -0.384. The van der Waals surface area contributed by atoms with Gasteiger partial charge in [-0.3, -0.25) is 15.0 Å². The molecule has 5 heteroatoms. The summed E-state index contributed by atoms with van der Waals surface area (Å²) in [7, 11) is 1.73. The smallest absolute Gasteiger partial charge is 0.292 e. The molecular weight excluding hydrogens is 266 g/mol. The first-order chi connectivity index (χ1) is 10.0. The number of hydrogen-bond donors (Lipinski definition) is 1. The van der Waals surface area contributed by atoms with E-state index >= 15 is 0 Å². The van der Waals surface area contributed by atoms with Gasteiger partial charge < -0.3 is 5.32 Å². The van der Waals surface area contributed by atoms with Crippen LogP contribution in [0.4, 0.5) is 11.4 Å². The fourth-order valence-electron chi connectivity index (χ4n) is 2.53. The van der Waals surface area contributed by atoms with Crippen molar-refractivity contribution in [1.82, 2.24) is 4.90 Å². The van der Waals surface area contributed by atoms with Crippen LogP contribution in [0.15, 0.2) is 18.2 Å². The van der Waals surface area contributed by atoms with E-state index < -0.39 is 0 Å². The highest BCUT2D eigenvalue weighted by molar-refractivity contribution is 5.62. The zero-order valence-electron chi connectivity index (χ0n) is 13.1. The van der Waals surface area contributed by atoms with Crippen LogP contribution >= 0.6 is 0 Å². The molecule has 1 fully saturated rings. The second-order valence-electron chi connectivity index (χ2n) is 6.24. The van der Waals surface area contributed by atoms with Crippen LogP contribution < -0.4 is 5.32 Å². The van der Waals surface area contributed by atoms with E-state index in [1.54, 1.807) is 13.1 Å². The Bertz CT molecular complexity index is 498. The molecule has 0 unspecified atom stereocenters. The quantitative estimate of drug-likeness (QED) is 0.586. The highest BCUT2D eigenvalue weighted by atomic mass is 16.6. The van der Waals surface area contributed by atoms with Crippen molar-refractivity contribution in [3.63, 3.8) is 0 Å². The molecular formula is C16H25N3O2. The van der Waals surface area contributed by atoms with Crippen LogP contribution in [0.25, 0.3) is 0 Å². The minimum atomic E-state index is -0.340. The van der Waals surface area contributed by atoms with Crippen molar-refractivity contribution >= 4 is 11.4 Å². The second kappa shape index (κ2) is 6.89. The average molecular weight is 291 g/mol. The molecule has 0 radical (unpaired) electrons. The summed E-state index contributed by atoms with van der Waals surface area (Å²) in [6, 6.07) is 6.10. The summed E-state index contributed by atoms with van der Waals surface area (Å²) in [4.78, 5) is 13.1. The third-order valence-corrected chi connectivity index (χ3v) is 3.97. The number of nitro benzene ring substituents is 1. The molecule has 5 nitrogen and oxygen atoms in total. The summed E-state index contributed by atoms with van der Waals surface area (Å²) >= 11 is 0. The number of nitrogens with one attached hydrogen (secondary N) is 1. The first-order valence-electron chi connectivity index (χ1n) is 7.70. The Balaban J connectivity index is 2.07. The largest absolute Gasteiger partial charge is 0.383 e. The number of benzene rings is 1. The molecule has 1 aromatic rings. The molecule has 0 spiro atoms. The first-order valence-corrected chi connectivity index (χ1v) is 7.70. The second-order valence-corrected chi connectivity index (χ2v) is 6.24. The van der Waals surface area contributed by atoms with Crippen molar-refractivity contribution in [3.8, 4) is 0 Å². The Morgan fingerprint density at radius 2 is 2.14 bits per heavy atom. The molecule has 1 N–H and O–H groups in total. The number of rotatable bonds is 8. The lowest BCUT2D eigenvalue weighted by Gasteiger charge is -2.23. The lowest BCUT2D eigenvalue weighted by atomic mass is 10.1. The van der Waals surface area contributed by atoms with E-state index in [0.29, 0.717) is 17.6 Å². The maximum Gasteiger partial charge on any atom is 0.292 e. The molecule has 0 bridgehead atoms. The van der Waals surface area contributed by atoms with Crippen molar-refractivity contribution in [2.75, 3.05) is 18.9 Å². The Hall–Kier alpha value is -1.62. The monoisotopic (exact) mass is 291 g/mol. The Morgan fingerprint density at radius 3 is 2.67 bits per heavy atom. The molecule has 0 heterocycles. The third kappa shape index (κ3) is 4.43. The standard InChI is InChI=1S/C16H25N3O2/c1-12(2)8-9-18(14-5-6-14)11-13-4-7-16(19(20)21)15(10-13)17-3/h4,7,10,12,14,17H,5-6,8-9,11H2,1-3H3. The summed E-state index contributed by atoms with van der Waals surface area (Å²) < 4.78 is 0. The zero-order valence-corrected chi connectivity index (χ0v) is 13.1. The number of anilines is 1. The van der Waals surface area contributed by atoms with Gasteiger partial charge in [-0.15, -0.1) is 0 Å². The van der Waals surface area contributed by atoms with Crippen LogP contribution in [0, 0.1) is 16.0 Å². The predicted molar refractivity (Wildman–Crippen MR) is 85.5 cm³/mol. The molecule has 0 aliphatic heterocycles. The summed E-state index contributed by atoms with van der Waals surface area (Å²) in [6.07, 6.45) is 3.76. The summed E-state index contributed by atoms with van der Waals surface area (Å²) in [5, 5.41) is 13.9. The molecule has 0 atom stereocenters. The predicted octanol–water partition coefficient (Wildman–Crippen LogP) is 3.65. The summed E-state index contributed by atoms with van der Waals surface area (Å²) in [5.74, 6) is 0.705. The Labute approximate surface area is 126 Å². The maximum atomic E-state index is 11.0. The highest BCUT2D eigenvalue weighted by Gasteiger charge is 2.29.